The molecule has 0 bridgehead atoms. The predicted octanol–water partition coefficient (Wildman–Crippen LogP) is 2.60. The Hall–Kier alpha value is -1.49. The second-order valence-corrected chi connectivity index (χ2v) is 4.48. The Morgan fingerprint density at radius 1 is 1.53 bits per heavy atom. The zero-order valence-electron chi connectivity index (χ0n) is 9.64. The molecule has 0 atom stereocenters. The van der Waals surface area contributed by atoms with E-state index in [4.69, 9.17) is 0 Å². The molecule has 4 nitrogen and oxygen atoms in total. The summed E-state index contributed by atoms with van der Waals surface area (Å²) in [6, 6.07) is 3.55. The fourth-order valence-corrected chi connectivity index (χ4v) is 2.16. The summed E-state index contributed by atoms with van der Waals surface area (Å²) in [5.74, 6) is -0.0539. The number of nitrogens with zero attached hydrogens (tertiary/aromatic N) is 3. The van der Waals surface area contributed by atoms with E-state index in [1.165, 1.54) is 0 Å². The average Bonchev–Trinajstić information content (AvgIpc) is 2.70. The van der Waals surface area contributed by atoms with Crippen molar-refractivity contribution in [2.45, 2.75) is 20.4 Å². The second-order valence-electron chi connectivity index (χ2n) is 3.62. The Kier molecular flexibility index (Phi) is 3.38. The average molecular weight is 294 g/mol. The number of pyridine rings is 1. The lowest BCUT2D eigenvalue weighted by atomic mass is 10.1. The maximum absolute atomic E-state index is 12.4. The Bertz CT molecular complexity index is 563. The minimum absolute atomic E-state index is 0.0539. The molecule has 5 heteroatoms. The number of ketones is 1. The van der Waals surface area contributed by atoms with E-state index in [-0.39, 0.29) is 5.78 Å². The summed E-state index contributed by atoms with van der Waals surface area (Å²) >= 11 is 3.36. The molecule has 0 N–H and O–H groups in total. The molecule has 0 aromatic carbocycles. The molecule has 0 saturated heterocycles. The highest BCUT2D eigenvalue weighted by atomic mass is 79.9. The monoisotopic (exact) mass is 293 g/mol. The number of carbonyl (C=O) groups excluding carboxylic acids is 1. The zero-order valence-corrected chi connectivity index (χ0v) is 11.2. The third kappa shape index (κ3) is 2.15. The van der Waals surface area contributed by atoms with Gasteiger partial charge in [-0.05, 0) is 41.9 Å². The smallest absolute Gasteiger partial charge is 0.214 e. The van der Waals surface area contributed by atoms with Crippen LogP contribution in [0, 0.1) is 6.92 Å². The highest BCUT2D eigenvalue weighted by molar-refractivity contribution is 9.10. The summed E-state index contributed by atoms with van der Waals surface area (Å²) in [5.41, 5.74) is 1.92. The van der Waals surface area contributed by atoms with Gasteiger partial charge in [0.15, 0.2) is 0 Å². The van der Waals surface area contributed by atoms with Crippen molar-refractivity contribution in [1.29, 1.82) is 0 Å². The van der Waals surface area contributed by atoms with E-state index in [1.54, 1.807) is 29.2 Å². The minimum atomic E-state index is -0.0539. The quantitative estimate of drug-likeness (QED) is 0.817. The van der Waals surface area contributed by atoms with E-state index in [1.807, 2.05) is 13.8 Å². The molecular formula is C12H12BrN3O. The summed E-state index contributed by atoms with van der Waals surface area (Å²) in [5, 5.41) is 4.14. The van der Waals surface area contributed by atoms with Crippen LogP contribution in [0.2, 0.25) is 0 Å². The highest BCUT2D eigenvalue weighted by Gasteiger charge is 2.19. The summed E-state index contributed by atoms with van der Waals surface area (Å²) in [6.07, 6.45) is 3.32. The first-order valence-corrected chi connectivity index (χ1v) is 6.12. The Morgan fingerprint density at radius 2 is 2.29 bits per heavy atom. The Morgan fingerprint density at radius 3 is 2.94 bits per heavy atom. The van der Waals surface area contributed by atoms with Crippen LogP contribution >= 0.6 is 15.9 Å². The molecule has 88 valence electrons. The number of halogens is 1. The van der Waals surface area contributed by atoms with Gasteiger partial charge >= 0.3 is 0 Å². The van der Waals surface area contributed by atoms with E-state index in [2.05, 4.69) is 26.0 Å². The first-order valence-electron chi connectivity index (χ1n) is 5.32. The molecule has 0 aliphatic rings. The van der Waals surface area contributed by atoms with Crippen LogP contribution < -0.4 is 0 Å². The SMILES string of the molecule is CCn1ncc(Br)c1C(=O)c1cccnc1C. The number of rotatable bonds is 3. The fraction of sp³-hybridized carbons (Fsp3) is 0.250. The van der Waals surface area contributed by atoms with Gasteiger partial charge in [0.05, 0.1) is 10.7 Å². The predicted molar refractivity (Wildman–Crippen MR) is 68.0 cm³/mol. The van der Waals surface area contributed by atoms with Gasteiger partial charge in [0.2, 0.25) is 5.78 Å². The van der Waals surface area contributed by atoms with E-state index in [0.29, 0.717) is 22.3 Å². The van der Waals surface area contributed by atoms with E-state index < -0.39 is 0 Å². The van der Waals surface area contributed by atoms with Gasteiger partial charge in [-0.1, -0.05) is 0 Å². The van der Waals surface area contributed by atoms with Crippen LogP contribution in [0.25, 0.3) is 0 Å². The molecule has 2 rings (SSSR count). The molecule has 0 saturated carbocycles. The summed E-state index contributed by atoms with van der Waals surface area (Å²) < 4.78 is 2.39. The topological polar surface area (TPSA) is 47.8 Å². The number of aryl methyl sites for hydroxylation is 2. The van der Waals surface area contributed by atoms with Crippen molar-refractivity contribution in [2.75, 3.05) is 0 Å². The van der Waals surface area contributed by atoms with Gasteiger partial charge in [-0.3, -0.25) is 14.5 Å². The van der Waals surface area contributed by atoms with Crippen molar-refractivity contribution in [3.05, 3.63) is 46.0 Å². The third-order valence-electron chi connectivity index (χ3n) is 2.56. The molecule has 0 aliphatic carbocycles. The second kappa shape index (κ2) is 4.79. The van der Waals surface area contributed by atoms with Crippen molar-refractivity contribution in [2.24, 2.45) is 0 Å². The molecule has 0 unspecified atom stereocenters. The van der Waals surface area contributed by atoms with E-state index in [0.717, 1.165) is 5.69 Å². The van der Waals surface area contributed by atoms with Crippen LogP contribution in [0.1, 0.15) is 28.7 Å². The number of carbonyl (C=O) groups is 1. The number of aromatic nitrogens is 3. The third-order valence-corrected chi connectivity index (χ3v) is 3.14. The van der Waals surface area contributed by atoms with Gasteiger partial charge in [0.25, 0.3) is 0 Å². The number of hydrogen-bond donors (Lipinski definition) is 0. The molecule has 0 fully saturated rings. The maximum atomic E-state index is 12.4. The maximum Gasteiger partial charge on any atom is 0.214 e. The molecule has 17 heavy (non-hydrogen) atoms. The molecule has 2 aromatic heterocycles. The molecule has 0 spiro atoms. The Labute approximate surface area is 108 Å². The summed E-state index contributed by atoms with van der Waals surface area (Å²) in [4.78, 5) is 16.5. The van der Waals surface area contributed by atoms with Crippen LogP contribution in [-0.2, 0) is 6.54 Å². The van der Waals surface area contributed by atoms with Gasteiger partial charge < -0.3 is 0 Å². The molecule has 2 aromatic rings. The van der Waals surface area contributed by atoms with E-state index >= 15 is 0 Å². The standard InChI is InChI=1S/C12H12BrN3O/c1-3-16-11(10(13)7-15-16)12(17)9-5-4-6-14-8(9)2/h4-7H,3H2,1-2H3. The first-order chi connectivity index (χ1) is 8.15. The van der Waals surface area contributed by atoms with E-state index in [9.17, 15) is 4.79 Å². The van der Waals surface area contributed by atoms with Crippen molar-refractivity contribution in [3.8, 4) is 0 Å². The van der Waals surface area contributed by atoms with Gasteiger partial charge in [-0.15, -0.1) is 0 Å². The highest BCUT2D eigenvalue weighted by Crippen LogP contribution is 2.20. The zero-order chi connectivity index (χ0) is 12.4. The lowest BCUT2D eigenvalue weighted by Crippen LogP contribution is -2.12. The van der Waals surface area contributed by atoms with Crippen LogP contribution in [0.5, 0.6) is 0 Å². The van der Waals surface area contributed by atoms with Gasteiger partial charge in [0.1, 0.15) is 5.69 Å². The summed E-state index contributed by atoms with van der Waals surface area (Å²) in [6.45, 7) is 4.44. The lowest BCUT2D eigenvalue weighted by molar-refractivity contribution is 0.102. The van der Waals surface area contributed by atoms with Crippen LogP contribution in [0.3, 0.4) is 0 Å². The summed E-state index contributed by atoms with van der Waals surface area (Å²) in [7, 11) is 0. The molecule has 0 amide bonds. The molecule has 0 radical (unpaired) electrons. The van der Waals surface area contributed by atoms with Crippen LogP contribution in [0.4, 0.5) is 0 Å². The van der Waals surface area contributed by atoms with Crippen molar-refractivity contribution in [3.63, 3.8) is 0 Å². The first kappa shape index (κ1) is 12.0. The minimum Gasteiger partial charge on any atom is -0.287 e. The fourth-order valence-electron chi connectivity index (χ4n) is 1.68. The number of hydrogen-bond acceptors (Lipinski definition) is 3. The normalized spacial score (nSPS) is 10.5. The van der Waals surface area contributed by atoms with Crippen LogP contribution in [0.15, 0.2) is 29.0 Å². The van der Waals surface area contributed by atoms with Crippen molar-refractivity contribution in [1.82, 2.24) is 14.8 Å². The molecular weight excluding hydrogens is 282 g/mol. The molecule has 0 aliphatic heterocycles. The van der Waals surface area contributed by atoms with Crippen LogP contribution in [-0.4, -0.2) is 20.5 Å². The van der Waals surface area contributed by atoms with Gasteiger partial charge in [0, 0.05) is 24.0 Å². The molecule has 2 heterocycles. The van der Waals surface area contributed by atoms with Crippen molar-refractivity contribution < 1.29 is 4.79 Å². The Balaban J connectivity index is 2.51. The van der Waals surface area contributed by atoms with Crippen molar-refractivity contribution >= 4 is 21.7 Å². The van der Waals surface area contributed by atoms with Gasteiger partial charge in [-0.2, -0.15) is 5.10 Å². The lowest BCUT2D eigenvalue weighted by Gasteiger charge is -2.06. The largest absolute Gasteiger partial charge is 0.287 e. The van der Waals surface area contributed by atoms with Gasteiger partial charge in [-0.25, -0.2) is 0 Å².